The van der Waals surface area contributed by atoms with E-state index in [1.165, 1.54) is 6.92 Å². The van der Waals surface area contributed by atoms with Gasteiger partial charge in [-0.05, 0) is 49.7 Å². The second kappa shape index (κ2) is 6.37. The standard InChI is InChI=1S/C16H16Cl2N2O/c1-9(13-5-3-11(17)7-15(13)18)20-12-4-6-16(19)14(8-12)10(2)21/h3-9,20H,19H2,1-2H3. The molecule has 0 saturated carbocycles. The maximum Gasteiger partial charge on any atom is 0.161 e. The number of Topliss-reactive ketones (excluding diaryl/α,β-unsaturated/α-hetero) is 1. The van der Waals surface area contributed by atoms with Gasteiger partial charge < -0.3 is 11.1 Å². The van der Waals surface area contributed by atoms with Crippen LogP contribution in [0, 0.1) is 0 Å². The SMILES string of the molecule is CC(=O)c1cc(NC(C)c2ccc(Cl)cc2Cl)ccc1N. The molecule has 0 bridgehead atoms. The van der Waals surface area contributed by atoms with Gasteiger partial charge in [-0.2, -0.15) is 0 Å². The number of ketones is 1. The average Bonchev–Trinajstić information content (AvgIpc) is 2.40. The van der Waals surface area contributed by atoms with E-state index in [4.69, 9.17) is 28.9 Å². The lowest BCUT2D eigenvalue weighted by molar-refractivity contribution is 0.101. The highest BCUT2D eigenvalue weighted by molar-refractivity contribution is 6.35. The summed E-state index contributed by atoms with van der Waals surface area (Å²) in [5.41, 5.74) is 8.52. The number of carbonyl (C=O) groups excluding carboxylic acids is 1. The van der Waals surface area contributed by atoms with Crippen molar-refractivity contribution < 1.29 is 4.79 Å². The van der Waals surface area contributed by atoms with Gasteiger partial charge in [-0.1, -0.05) is 29.3 Å². The Hall–Kier alpha value is -1.71. The van der Waals surface area contributed by atoms with Crippen LogP contribution in [-0.4, -0.2) is 5.78 Å². The highest BCUT2D eigenvalue weighted by Crippen LogP contribution is 2.29. The summed E-state index contributed by atoms with van der Waals surface area (Å²) in [7, 11) is 0. The smallest absolute Gasteiger partial charge is 0.161 e. The molecule has 0 fully saturated rings. The van der Waals surface area contributed by atoms with Crippen LogP contribution in [0.25, 0.3) is 0 Å². The van der Waals surface area contributed by atoms with Crippen molar-refractivity contribution >= 4 is 40.4 Å². The van der Waals surface area contributed by atoms with Gasteiger partial charge in [0.25, 0.3) is 0 Å². The minimum Gasteiger partial charge on any atom is -0.398 e. The molecule has 1 atom stereocenters. The van der Waals surface area contributed by atoms with Gasteiger partial charge in [-0.15, -0.1) is 0 Å². The van der Waals surface area contributed by atoms with Gasteiger partial charge in [0.2, 0.25) is 0 Å². The summed E-state index contributed by atoms with van der Waals surface area (Å²) in [6.45, 7) is 3.48. The van der Waals surface area contributed by atoms with Crippen molar-refractivity contribution in [3.63, 3.8) is 0 Å². The van der Waals surface area contributed by atoms with Gasteiger partial charge in [0, 0.05) is 33.0 Å². The Morgan fingerprint density at radius 3 is 2.52 bits per heavy atom. The fraction of sp³-hybridized carbons (Fsp3) is 0.188. The number of nitrogens with one attached hydrogen (secondary N) is 1. The average molecular weight is 323 g/mol. The normalized spacial score (nSPS) is 12.0. The molecular weight excluding hydrogens is 307 g/mol. The third-order valence-corrected chi connectivity index (χ3v) is 3.81. The third kappa shape index (κ3) is 3.69. The van der Waals surface area contributed by atoms with Gasteiger partial charge in [-0.3, -0.25) is 4.79 Å². The first kappa shape index (κ1) is 15.7. The molecule has 3 nitrogen and oxygen atoms in total. The van der Waals surface area contributed by atoms with Crippen molar-refractivity contribution in [2.45, 2.75) is 19.9 Å². The largest absolute Gasteiger partial charge is 0.398 e. The summed E-state index contributed by atoms with van der Waals surface area (Å²) >= 11 is 12.1. The summed E-state index contributed by atoms with van der Waals surface area (Å²) in [5.74, 6) is -0.0617. The molecule has 0 aliphatic heterocycles. The quantitative estimate of drug-likeness (QED) is 0.618. The molecule has 110 valence electrons. The number of carbonyl (C=O) groups is 1. The second-order valence-corrected chi connectivity index (χ2v) is 5.73. The zero-order valence-corrected chi connectivity index (χ0v) is 13.3. The van der Waals surface area contributed by atoms with E-state index >= 15 is 0 Å². The summed E-state index contributed by atoms with van der Waals surface area (Å²) in [6.07, 6.45) is 0. The molecule has 3 N–H and O–H groups in total. The minimum atomic E-state index is -0.0617. The van der Waals surface area contributed by atoms with Crippen molar-refractivity contribution in [2.24, 2.45) is 0 Å². The predicted octanol–water partition coefficient (Wildman–Crippen LogP) is 4.95. The monoisotopic (exact) mass is 322 g/mol. The van der Waals surface area contributed by atoms with Crippen molar-refractivity contribution in [3.05, 3.63) is 57.6 Å². The van der Waals surface area contributed by atoms with Crippen LogP contribution in [0.2, 0.25) is 10.0 Å². The van der Waals surface area contributed by atoms with Crippen LogP contribution >= 0.6 is 23.2 Å². The number of halogens is 2. The van der Waals surface area contributed by atoms with Crippen LogP contribution in [0.1, 0.15) is 35.8 Å². The maximum atomic E-state index is 11.5. The Balaban J connectivity index is 2.25. The van der Waals surface area contributed by atoms with Crippen LogP contribution in [0.5, 0.6) is 0 Å². The van der Waals surface area contributed by atoms with Crippen molar-refractivity contribution in [3.8, 4) is 0 Å². The lowest BCUT2D eigenvalue weighted by atomic mass is 10.1. The maximum absolute atomic E-state index is 11.5. The molecule has 21 heavy (non-hydrogen) atoms. The van der Waals surface area contributed by atoms with Crippen LogP contribution in [0.4, 0.5) is 11.4 Å². The van der Waals surface area contributed by atoms with Crippen LogP contribution < -0.4 is 11.1 Å². The van der Waals surface area contributed by atoms with E-state index in [1.54, 1.807) is 24.3 Å². The lowest BCUT2D eigenvalue weighted by Gasteiger charge is -2.18. The summed E-state index contributed by atoms with van der Waals surface area (Å²) in [4.78, 5) is 11.5. The molecule has 0 aliphatic carbocycles. The van der Waals surface area contributed by atoms with Gasteiger partial charge in [0.15, 0.2) is 5.78 Å². The number of hydrogen-bond acceptors (Lipinski definition) is 3. The summed E-state index contributed by atoms with van der Waals surface area (Å²) < 4.78 is 0. The highest BCUT2D eigenvalue weighted by atomic mass is 35.5. The number of nitrogens with two attached hydrogens (primary N) is 1. The van der Waals surface area contributed by atoms with Gasteiger partial charge in [0.1, 0.15) is 0 Å². The van der Waals surface area contributed by atoms with Gasteiger partial charge in [0.05, 0.1) is 0 Å². The first-order valence-electron chi connectivity index (χ1n) is 6.50. The van der Waals surface area contributed by atoms with Crippen LogP contribution in [-0.2, 0) is 0 Å². The van der Waals surface area contributed by atoms with Crippen LogP contribution in [0.3, 0.4) is 0 Å². The number of anilines is 2. The van der Waals surface area contributed by atoms with E-state index in [1.807, 2.05) is 19.1 Å². The molecule has 0 saturated heterocycles. The molecule has 2 rings (SSSR count). The fourth-order valence-corrected chi connectivity index (χ4v) is 2.70. The summed E-state index contributed by atoms with van der Waals surface area (Å²) in [6, 6.07) is 10.7. The van der Waals surface area contributed by atoms with Crippen molar-refractivity contribution in [1.29, 1.82) is 0 Å². The van der Waals surface area contributed by atoms with E-state index in [-0.39, 0.29) is 11.8 Å². The molecular formula is C16H16Cl2N2O. The van der Waals surface area contributed by atoms with Crippen molar-refractivity contribution in [2.75, 3.05) is 11.1 Å². The minimum absolute atomic E-state index is 0.0294. The number of benzene rings is 2. The Bertz CT molecular complexity index is 686. The molecule has 5 heteroatoms. The zero-order chi connectivity index (χ0) is 15.6. The topological polar surface area (TPSA) is 55.1 Å². The Morgan fingerprint density at radius 1 is 1.19 bits per heavy atom. The molecule has 0 radical (unpaired) electrons. The van der Waals surface area contributed by atoms with E-state index < -0.39 is 0 Å². The molecule has 0 aliphatic rings. The van der Waals surface area contributed by atoms with Gasteiger partial charge >= 0.3 is 0 Å². The molecule has 0 spiro atoms. The van der Waals surface area contributed by atoms with Crippen LogP contribution in [0.15, 0.2) is 36.4 Å². The van der Waals surface area contributed by atoms with E-state index in [0.29, 0.717) is 21.3 Å². The first-order chi connectivity index (χ1) is 9.88. The van der Waals surface area contributed by atoms with E-state index in [9.17, 15) is 4.79 Å². The predicted molar refractivity (Wildman–Crippen MR) is 89.4 cm³/mol. The molecule has 2 aromatic rings. The van der Waals surface area contributed by atoms with Crippen molar-refractivity contribution in [1.82, 2.24) is 0 Å². The Labute approximate surface area is 134 Å². The fourth-order valence-electron chi connectivity index (χ4n) is 2.13. The summed E-state index contributed by atoms with van der Waals surface area (Å²) in [5, 5.41) is 4.51. The zero-order valence-electron chi connectivity index (χ0n) is 11.8. The van der Waals surface area contributed by atoms with E-state index in [0.717, 1.165) is 11.3 Å². The molecule has 0 aromatic heterocycles. The Kier molecular flexibility index (Phi) is 4.76. The first-order valence-corrected chi connectivity index (χ1v) is 7.26. The number of rotatable bonds is 4. The molecule has 2 aromatic carbocycles. The number of nitrogen functional groups attached to an aromatic ring is 1. The third-order valence-electron chi connectivity index (χ3n) is 3.24. The number of hydrogen-bond donors (Lipinski definition) is 2. The molecule has 1 unspecified atom stereocenters. The second-order valence-electron chi connectivity index (χ2n) is 4.89. The van der Waals surface area contributed by atoms with E-state index in [2.05, 4.69) is 5.32 Å². The lowest BCUT2D eigenvalue weighted by Crippen LogP contribution is -2.08. The van der Waals surface area contributed by atoms with Gasteiger partial charge in [-0.25, -0.2) is 0 Å². The highest BCUT2D eigenvalue weighted by Gasteiger charge is 2.12. The molecule has 0 heterocycles. The molecule has 0 amide bonds. The Morgan fingerprint density at radius 2 is 1.90 bits per heavy atom.